The van der Waals surface area contributed by atoms with E-state index in [9.17, 15) is 4.79 Å². The van der Waals surface area contributed by atoms with E-state index < -0.39 is 0 Å². The van der Waals surface area contributed by atoms with Crippen LogP contribution in [0.5, 0.6) is 0 Å². The summed E-state index contributed by atoms with van der Waals surface area (Å²) in [6, 6.07) is 7.94. The zero-order valence-corrected chi connectivity index (χ0v) is 13.2. The average molecular weight is 303 g/mol. The van der Waals surface area contributed by atoms with Crippen LogP contribution in [0.2, 0.25) is 0 Å². The van der Waals surface area contributed by atoms with Gasteiger partial charge in [-0.3, -0.25) is 4.79 Å². The van der Waals surface area contributed by atoms with E-state index in [1.165, 1.54) is 11.1 Å². The molecule has 0 aliphatic heterocycles. The Bertz CT molecular complexity index is 387. The summed E-state index contributed by atoms with van der Waals surface area (Å²) in [7, 11) is 0. The fourth-order valence-corrected chi connectivity index (χ4v) is 2.19. The molecule has 0 spiro atoms. The smallest absolute Gasteiger partial charge is 0.236 e. The molecule has 0 aliphatic carbocycles. The van der Waals surface area contributed by atoms with Crippen molar-refractivity contribution in [2.45, 2.75) is 25.8 Å². The summed E-state index contributed by atoms with van der Waals surface area (Å²) in [5.74, 6) is 0.878. The first-order chi connectivity index (χ1) is 8.63. The Morgan fingerprint density at radius 1 is 1.47 bits per heavy atom. The molecule has 0 radical (unpaired) electrons. The molecule has 0 heterocycles. The van der Waals surface area contributed by atoms with Crippen LogP contribution in [-0.4, -0.2) is 30.5 Å². The Labute approximate surface area is 126 Å². The van der Waals surface area contributed by atoms with Gasteiger partial charge in [-0.1, -0.05) is 29.8 Å². The summed E-state index contributed by atoms with van der Waals surface area (Å²) in [5, 5.41) is 2.89. The molecule has 0 saturated heterocycles. The van der Waals surface area contributed by atoms with Gasteiger partial charge in [-0.25, -0.2) is 0 Å². The number of nitrogens with one attached hydrogen (secondary N) is 1. The summed E-state index contributed by atoms with van der Waals surface area (Å²) in [5.41, 5.74) is 8.27. The molecule has 0 fully saturated rings. The van der Waals surface area contributed by atoms with E-state index in [0.717, 1.165) is 18.6 Å². The van der Waals surface area contributed by atoms with E-state index in [4.69, 9.17) is 5.73 Å². The van der Waals surface area contributed by atoms with E-state index in [2.05, 4.69) is 30.4 Å². The lowest BCUT2D eigenvalue weighted by Gasteiger charge is -2.11. The van der Waals surface area contributed by atoms with E-state index in [1.807, 2.05) is 12.3 Å². The number of carbonyl (C=O) groups excluding carboxylic acids is 1. The third-order valence-corrected chi connectivity index (χ3v) is 3.41. The first-order valence-corrected chi connectivity index (χ1v) is 7.60. The highest BCUT2D eigenvalue weighted by Crippen LogP contribution is 2.04. The van der Waals surface area contributed by atoms with E-state index in [0.29, 0.717) is 6.54 Å². The number of halogens is 1. The Kier molecular flexibility index (Phi) is 9.74. The van der Waals surface area contributed by atoms with Crippen molar-refractivity contribution >= 4 is 30.1 Å². The molecule has 5 heteroatoms. The maximum Gasteiger partial charge on any atom is 0.236 e. The largest absolute Gasteiger partial charge is 0.354 e. The van der Waals surface area contributed by atoms with Crippen LogP contribution in [0.3, 0.4) is 0 Å². The quantitative estimate of drug-likeness (QED) is 0.811. The third-order valence-electron chi connectivity index (χ3n) is 2.77. The van der Waals surface area contributed by atoms with Crippen molar-refractivity contribution in [2.24, 2.45) is 5.73 Å². The molecule has 3 nitrogen and oxygen atoms in total. The SMILES string of the molecule is CSCC[C@H](N)C(=O)NCCc1cccc(C)c1.Cl. The molecule has 0 saturated carbocycles. The second kappa shape index (κ2) is 10.1. The lowest BCUT2D eigenvalue weighted by molar-refractivity contribution is -0.122. The zero-order valence-electron chi connectivity index (χ0n) is 11.5. The Balaban J connectivity index is 0.00000324. The molecule has 3 N–H and O–H groups in total. The molecular formula is C14H23ClN2OS. The van der Waals surface area contributed by atoms with Crippen LogP contribution in [0.15, 0.2) is 24.3 Å². The van der Waals surface area contributed by atoms with Crippen LogP contribution in [0.1, 0.15) is 17.5 Å². The average Bonchev–Trinajstić information content (AvgIpc) is 2.35. The van der Waals surface area contributed by atoms with Crippen LogP contribution in [0.25, 0.3) is 0 Å². The number of thioether (sulfide) groups is 1. The molecule has 1 amide bonds. The van der Waals surface area contributed by atoms with E-state index in [-0.39, 0.29) is 24.4 Å². The van der Waals surface area contributed by atoms with Crippen LogP contribution in [-0.2, 0) is 11.2 Å². The first kappa shape index (κ1) is 18.3. The number of rotatable bonds is 7. The van der Waals surface area contributed by atoms with Crippen molar-refractivity contribution in [3.05, 3.63) is 35.4 Å². The summed E-state index contributed by atoms with van der Waals surface area (Å²) >= 11 is 1.71. The predicted molar refractivity (Wildman–Crippen MR) is 86.1 cm³/mol. The minimum atomic E-state index is -0.380. The molecule has 0 aliphatic rings. The number of hydrogen-bond donors (Lipinski definition) is 2. The van der Waals surface area contributed by atoms with Crippen molar-refractivity contribution < 1.29 is 4.79 Å². The van der Waals surface area contributed by atoms with Crippen molar-refractivity contribution in [2.75, 3.05) is 18.6 Å². The molecular weight excluding hydrogens is 280 g/mol. The topological polar surface area (TPSA) is 55.1 Å². The van der Waals surface area contributed by atoms with Gasteiger partial charge in [0.1, 0.15) is 0 Å². The summed E-state index contributed by atoms with van der Waals surface area (Å²) in [6.07, 6.45) is 3.60. The molecule has 19 heavy (non-hydrogen) atoms. The monoisotopic (exact) mass is 302 g/mol. The molecule has 0 aromatic heterocycles. The second-order valence-corrected chi connectivity index (χ2v) is 5.40. The number of aryl methyl sites for hydroxylation is 1. The fraction of sp³-hybridized carbons (Fsp3) is 0.500. The minimum Gasteiger partial charge on any atom is -0.354 e. The highest BCUT2D eigenvalue weighted by Gasteiger charge is 2.11. The van der Waals surface area contributed by atoms with Gasteiger partial charge in [-0.15, -0.1) is 12.4 Å². The van der Waals surface area contributed by atoms with Crippen LogP contribution < -0.4 is 11.1 Å². The van der Waals surface area contributed by atoms with Gasteiger partial charge >= 0.3 is 0 Å². The molecule has 1 aromatic carbocycles. The number of nitrogens with two attached hydrogens (primary N) is 1. The lowest BCUT2D eigenvalue weighted by atomic mass is 10.1. The second-order valence-electron chi connectivity index (χ2n) is 4.42. The van der Waals surface area contributed by atoms with Gasteiger partial charge in [-0.2, -0.15) is 11.8 Å². The van der Waals surface area contributed by atoms with Crippen molar-refractivity contribution in [1.82, 2.24) is 5.32 Å². The van der Waals surface area contributed by atoms with Gasteiger partial charge in [0.05, 0.1) is 6.04 Å². The van der Waals surface area contributed by atoms with Gasteiger partial charge in [0.25, 0.3) is 0 Å². The predicted octanol–water partition coefficient (Wildman–Crippen LogP) is 2.16. The maximum atomic E-state index is 11.7. The standard InChI is InChI=1S/C14H22N2OS.ClH/c1-11-4-3-5-12(10-11)6-8-16-14(17)13(15)7-9-18-2;/h3-5,10,13H,6-9,15H2,1-2H3,(H,16,17);1H/t13-;/m0./s1. The Hall–Kier alpha value is -0.710. The van der Waals surface area contributed by atoms with Crippen molar-refractivity contribution in [1.29, 1.82) is 0 Å². The molecule has 1 rings (SSSR count). The summed E-state index contributed by atoms with van der Waals surface area (Å²) < 4.78 is 0. The van der Waals surface area contributed by atoms with Crippen LogP contribution in [0.4, 0.5) is 0 Å². The van der Waals surface area contributed by atoms with Crippen molar-refractivity contribution in [3.63, 3.8) is 0 Å². The number of benzene rings is 1. The van der Waals surface area contributed by atoms with Gasteiger partial charge in [-0.05, 0) is 37.3 Å². The normalized spacial score (nSPS) is 11.5. The Morgan fingerprint density at radius 3 is 2.84 bits per heavy atom. The maximum absolute atomic E-state index is 11.7. The first-order valence-electron chi connectivity index (χ1n) is 6.21. The molecule has 0 unspecified atom stereocenters. The number of amides is 1. The molecule has 1 atom stereocenters. The molecule has 108 valence electrons. The highest BCUT2D eigenvalue weighted by molar-refractivity contribution is 7.98. The van der Waals surface area contributed by atoms with Crippen LogP contribution in [0, 0.1) is 6.92 Å². The zero-order chi connectivity index (χ0) is 13.4. The van der Waals surface area contributed by atoms with E-state index >= 15 is 0 Å². The summed E-state index contributed by atoms with van der Waals surface area (Å²) in [6.45, 7) is 2.72. The lowest BCUT2D eigenvalue weighted by Crippen LogP contribution is -2.41. The molecule has 1 aromatic rings. The fourth-order valence-electron chi connectivity index (χ4n) is 1.70. The van der Waals surface area contributed by atoms with E-state index in [1.54, 1.807) is 11.8 Å². The molecule has 0 bridgehead atoms. The van der Waals surface area contributed by atoms with Crippen LogP contribution >= 0.6 is 24.2 Å². The van der Waals surface area contributed by atoms with Gasteiger partial charge in [0.2, 0.25) is 5.91 Å². The third kappa shape index (κ3) is 7.45. The Morgan fingerprint density at radius 2 is 2.21 bits per heavy atom. The minimum absolute atomic E-state index is 0. The summed E-state index contributed by atoms with van der Waals surface area (Å²) in [4.78, 5) is 11.7. The van der Waals surface area contributed by atoms with Gasteiger partial charge < -0.3 is 11.1 Å². The highest BCUT2D eigenvalue weighted by atomic mass is 35.5. The number of carbonyl (C=O) groups is 1. The van der Waals surface area contributed by atoms with Crippen molar-refractivity contribution in [3.8, 4) is 0 Å². The number of hydrogen-bond acceptors (Lipinski definition) is 3. The van der Waals surface area contributed by atoms with Gasteiger partial charge in [0, 0.05) is 6.54 Å². The van der Waals surface area contributed by atoms with Gasteiger partial charge in [0.15, 0.2) is 0 Å².